The lowest BCUT2D eigenvalue weighted by molar-refractivity contribution is -0.116. The average molecular weight is 450 g/mol. The predicted octanol–water partition coefficient (Wildman–Crippen LogP) is 4.64. The molecule has 0 bridgehead atoms. The molecule has 0 aliphatic carbocycles. The van der Waals surface area contributed by atoms with Crippen LogP contribution < -0.4 is 15.6 Å². The highest BCUT2D eigenvalue weighted by Gasteiger charge is 2.32. The van der Waals surface area contributed by atoms with Crippen molar-refractivity contribution in [3.05, 3.63) is 81.1 Å². The van der Waals surface area contributed by atoms with Crippen molar-refractivity contribution >= 4 is 23.5 Å². The molecule has 166 valence electrons. The normalized spacial score (nSPS) is 15.2. The van der Waals surface area contributed by atoms with Gasteiger partial charge in [0.05, 0.1) is 5.56 Å². The Labute approximate surface area is 192 Å². The van der Waals surface area contributed by atoms with Gasteiger partial charge in [0.2, 0.25) is 5.91 Å². The molecule has 0 saturated carbocycles. The molecule has 2 aromatic carbocycles. The maximum atomic E-state index is 12.9. The zero-order valence-electron chi connectivity index (χ0n) is 18.6. The van der Waals surface area contributed by atoms with Gasteiger partial charge in [-0.2, -0.15) is 4.98 Å². The minimum atomic E-state index is -0.332. The van der Waals surface area contributed by atoms with Crippen molar-refractivity contribution in [2.75, 3.05) is 11.1 Å². The van der Waals surface area contributed by atoms with E-state index in [4.69, 9.17) is 4.74 Å². The molecule has 1 aromatic heterocycles. The molecule has 1 atom stereocenters. The molecule has 1 amide bonds. The van der Waals surface area contributed by atoms with Crippen LogP contribution in [0.4, 0.5) is 5.82 Å². The second-order valence-electron chi connectivity index (χ2n) is 8.02. The van der Waals surface area contributed by atoms with Crippen LogP contribution in [0.25, 0.3) is 0 Å². The molecule has 4 rings (SSSR count). The minimum Gasteiger partial charge on any atom is -0.489 e. The SMILES string of the molecule is CCCSc1nc(=O)c2c(n1C)NC(=O)CC2c1ccc(OCc2cccc(C)c2)cc1. The number of nitrogens with one attached hydrogen (secondary N) is 1. The van der Waals surface area contributed by atoms with Gasteiger partial charge in [-0.3, -0.25) is 9.59 Å². The number of thioether (sulfide) groups is 1. The number of ether oxygens (including phenoxy) is 1. The maximum absolute atomic E-state index is 12.9. The summed E-state index contributed by atoms with van der Waals surface area (Å²) in [6, 6.07) is 15.8. The van der Waals surface area contributed by atoms with Gasteiger partial charge in [-0.05, 0) is 36.6 Å². The molecule has 1 aliphatic heterocycles. The number of hydrogen-bond donors (Lipinski definition) is 1. The standard InChI is InChI=1S/C25H27N3O3S/c1-4-12-32-25-27-24(30)22-20(14-21(29)26-23(22)28(25)3)18-8-10-19(11-9-18)31-15-17-7-5-6-16(2)13-17/h5-11,13,20H,4,12,14-15H2,1-3H3,(H,26,29). The summed E-state index contributed by atoms with van der Waals surface area (Å²) in [5, 5.41) is 3.51. The molecule has 3 aromatic rings. The Morgan fingerprint density at radius 3 is 2.69 bits per heavy atom. The number of hydrogen-bond acceptors (Lipinski definition) is 5. The van der Waals surface area contributed by atoms with Gasteiger partial charge in [-0.25, -0.2) is 0 Å². The highest BCUT2D eigenvalue weighted by molar-refractivity contribution is 7.99. The number of rotatable bonds is 7. The summed E-state index contributed by atoms with van der Waals surface area (Å²) in [7, 11) is 1.84. The van der Waals surface area contributed by atoms with Crippen LogP contribution in [0.15, 0.2) is 58.5 Å². The van der Waals surface area contributed by atoms with Crippen LogP contribution in [0.2, 0.25) is 0 Å². The Morgan fingerprint density at radius 1 is 1.19 bits per heavy atom. The number of carbonyl (C=O) groups excluding carboxylic acids is 1. The van der Waals surface area contributed by atoms with E-state index in [0.29, 0.717) is 23.1 Å². The molecule has 0 saturated heterocycles. The van der Waals surface area contributed by atoms with E-state index in [-0.39, 0.29) is 23.8 Å². The van der Waals surface area contributed by atoms with Gasteiger partial charge in [0.1, 0.15) is 18.2 Å². The van der Waals surface area contributed by atoms with Crippen LogP contribution >= 0.6 is 11.8 Å². The monoisotopic (exact) mass is 449 g/mol. The molecule has 1 N–H and O–H groups in total. The van der Waals surface area contributed by atoms with Gasteiger partial charge in [0, 0.05) is 25.1 Å². The van der Waals surface area contributed by atoms with Crippen molar-refractivity contribution < 1.29 is 9.53 Å². The summed E-state index contributed by atoms with van der Waals surface area (Å²) in [5.41, 5.74) is 3.47. The molecule has 1 unspecified atom stereocenters. The van der Waals surface area contributed by atoms with E-state index in [1.165, 1.54) is 17.3 Å². The van der Waals surface area contributed by atoms with Crippen LogP contribution in [-0.4, -0.2) is 21.2 Å². The molecule has 1 aliphatic rings. The summed E-state index contributed by atoms with van der Waals surface area (Å²) in [5.74, 6) is 1.72. The van der Waals surface area contributed by atoms with Crippen molar-refractivity contribution in [2.24, 2.45) is 7.05 Å². The van der Waals surface area contributed by atoms with Gasteiger partial charge >= 0.3 is 0 Å². The van der Waals surface area contributed by atoms with Gasteiger partial charge in [-0.1, -0.05) is 60.6 Å². The third kappa shape index (κ3) is 4.72. The number of carbonyl (C=O) groups is 1. The Balaban J connectivity index is 1.58. The molecule has 0 fully saturated rings. The molecule has 2 heterocycles. The number of anilines is 1. The quantitative estimate of drug-likeness (QED) is 0.420. The Bertz CT molecular complexity index is 1190. The Kier molecular flexibility index (Phi) is 6.65. The molecule has 32 heavy (non-hydrogen) atoms. The van der Waals surface area contributed by atoms with Gasteiger partial charge < -0.3 is 14.6 Å². The van der Waals surface area contributed by atoms with Crippen molar-refractivity contribution in [3.63, 3.8) is 0 Å². The first-order chi connectivity index (χ1) is 15.5. The van der Waals surface area contributed by atoms with Crippen LogP contribution in [0.1, 0.15) is 47.9 Å². The van der Waals surface area contributed by atoms with E-state index >= 15 is 0 Å². The molecule has 0 radical (unpaired) electrons. The zero-order chi connectivity index (χ0) is 22.7. The molecule has 0 spiro atoms. The maximum Gasteiger partial charge on any atom is 0.279 e. The molecule has 7 heteroatoms. The highest BCUT2D eigenvalue weighted by atomic mass is 32.2. The molecular weight excluding hydrogens is 422 g/mol. The van der Waals surface area contributed by atoms with E-state index < -0.39 is 0 Å². The van der Waals surface area contributed by atoms with E-state index in [2.05, 4.69) is 36.3 Å². The van der Waals surface area contributed by atoms with E-state index in [9.17, 15) is 9.59 Å². The van der Waals surface area contributed by atoms with E-state index in [0.717, 1.165) is 29.1 Å². The number of aryl methyl sites for hydroxylation is 1. The van der Waals surface area contributed by atoms with Crippen LogP contribution in [0.5, 0.6) is 5.75 Å². The molecular formula is C25H27N3O3S. The lowest BCUT2D eigenvalue weighted by atomic mass is 9.87. The van der Waals surface area contributed by atoms with E-state index in [1.54, 1.807) is 0 Å². The first-order valence-electron chi connectivity index (χ1n) is 10.8. The number of fused-ring (bicyclic) bond motifs is 1. The van der Waals surface area contributed by atoms with Gasteiger partial charge in [-0.15, -0.1) is 0 Å². The fraction of sp³-hybridized carbons (Fsp3) is 0.320. The number of benzene rings is 2. The molecule has 6 nitrogen and oxygen atoms in total. The smallest absolute Gasteiger partial charge is 0.279 e. The summed E-state index contributed by atoms with van der Waals surface area (Å²) in [6.07, 6.45) is 1.19. The van der Waals surface area contributed by atoms with Crippen molar-refractivity contribution in [2.45, 2.75) is 44.4 Å². The summed E-state index contributed by atoms with van der Waals surface area (Å²) >= 11 is 1.52. The average Bonchev–Trinajstić information content (AvgIpc) is 2.79. The van der Waals surface area contributed by atoms with Crippen LogP contribution in [0, 0.1) is 6.92 Å². The number of aromatic nitrogens is 2. The largest absolute Gasteiger partial charge is 0.489 e. The Morgan fingerprint density at radius 2 is 1.97 bits per heavy atom. The van der Waals surface area contributed by atoms with Gasteiger partial charge in [0.15, 0.2) is 5.16 Å². The minimum absolute atomic E-state index is 0.102. The van der Waals surface area contributed by atoms with Crippen molar-refractivity contribution in [1.29, 1.82) is 0 Å². The summed E-state index contributed by atoms with van der Waals surface area (Å²) in [6.45, 7) is 4.62. The van der Waals surface area contributed by atoms with Crippen LogP contribution in [-0.2, 0) is 18.4 Å². The zero-order valence-corrected chi connectivity index (χ0v) is 19.4. The fourth-order valence-electron chi connectivity index (χ4n) is 3.91. The van der Waals surface area contributed by atoms with Crippen molar-refractivity contribution in [1.82, 2.24) is 9.55 Å². The fourth-order valence-corrected chi connectivity index (χ4v) is 4.73. The van der Waals surface area contributed by atoms with Crippen LogP contribution in [0.3, 0.4) is 0 Å². The third-order valence-electron chi connectivity index (χ3n) is 5.51. The lowest BCUT2D eigenvalue weighted by Crippen LogP contribution is -2.33. The second kappa shape index (κ2) is 9.61. The lowest BCUT2D eigenvalue weighted by Gasteiger charge is -2.27. The Hall–Kier alpha value is -3.06. The van der Waals surface area contributed by atoms with Crippen molar-refractivity contribution in [3.8, 4) is 5.75 Å². The first-order valence-corrected chi connectivity index (χ1v) is 11.8. The summed E-state index contributed by atoms with van der Waals surface area (Å²) in [4.78, 5) is 29.7. The van der Waals surface area contributed by atoms with Gasteiger partial charge in [0.25, 0.3) is 5.56 Å². The topological polar surface area (TPSA) is 73.2 Å². The highest BCUT2D eigenvalue weighted by Crippen LogP contribution is 2.36. The third-order valence-corrected chi connectivity index (χ3v) is 6.74. The second-order valence-corrected chi connectivity index (χ2v) is 9.08. The van der Waals surface area contributed by atoms with E-state index in [1.807, 2.05) is 48.0 Å². The number of nitrogens with zero attached hydrogens (tertiary/aromatic N) is 2. The summed E-state index contributed by atoms with van der Waals surface area (Å²) < 4.78 is 7.74. The first kappa shape index (κ1) is 22.1. The predicted molar refractivity (Wildman–Crippen MR) is 128 cm³/mol. The number of amides is 1.